The Morgan fingerprint density at radius 3 is 2.68 bits per heavy atom. The zero-order valence-corrected chi connectivity index (χ0v) is 16.5. The number of methoxy groups -OCH3 is 1. The first-order valence-corrected chi connectivity index (χ1v) is 9.63. The Morgan fingerprint density at radius 2 is 1.97 bits per heavy atom. The molecular formula is C21H18N6O4. The highest BCUT2D eigenvalue weighted by molar-refractivity contribution is 5.89. The second-order valence-electron chi connectivity index (χ2n) is 7.31. The number of aromatic amines is 2. The molecule has 1 aromatic carbocycles. The molecule has 0 spiro atoms. The van der Waals surface area contributed by atoms with Gasteiger partial charge in [0.1, 0.15) is 5.69 Å². The molecule has 0 saturated carbocycles. The molecule has 4 heterocycles. The molecule has 0 aliphatic carbocycles. The highest BCUT2D eigenvalue weighted by Gasteiger charge is 2.30. The van der Waals surface area contributed by atoms with Gasteiger partial charge in [0.05, 0.1) is 23.9 Å². The van der Waals surface area contributed by atoms with Crippen LogP contribution in [0.3, 0.4) is 0 Å². The van der Waals surface area contributed by atoms with E-state index in [1.54, 1.807) is 29.0 Å². The molecule has 4 aromatic rings. The van der Waals surface area contributed by atoms with Crippen molar-refractivity contribution in [3.8, 4) is 11.3 Å². The highest BCUT2D eigenvalue weighted by Crippen LogP contribution is 2.34. The van der Waals surface area contributed by atoms with Gasteiger partial charge in [0.15, 0.2) is 5.65 Å². The first-order chi connectivity index (χ1) is 15.0. The van der Waals surface area contributed by atoms with Gasteiger partial charge in [-0.05, 0) is 23.8 Å². The second kappa shape index (κ2) is 7.24. The fraction of sp³-hybridized carbons (Fsp3) is 0.190. The highest BCUT2D eigenvalue weighted by atomic mass is 16.5. The maximum Gasteiger partial charge on any atom is 0.337 e. The Bertz CT molecular complexity index is 1400. The number of carbonyl (C=O) groups is 1. The zero-order chi connectivity index (χ0) is 21.5. The first-order valence-electron chi connectivity index (χ1n) is 9.63. The van der Waals surface area contributed by atoms with Crippen LogP contribution in [0.5, 0.6) is 0 Å². The van der Waals surface area contributed by atoms with Crippen LogP contribution in [0.1, 0.15) is 21.8 Å². The summed E-state index contributed by atoms with van der Waals surface area (Å²) in [6.07, 6.45) is 4.72. The monoisotopic (exact) mass is 418 g/mol. The lowest BCUT2D eigenvalue weighted by atomic mass is 9.90. The number of rotatable bonds is 4. The number of hydrogen-bond acceptors (Lipinski definition) is 7. The van der Waals surface area contributed by atoms with E-state index in [1.807, 2.05) is 18.2 Å². The number of nitrogens with zero attached hydrogens (tertiary/aromatic N) is 4. The van der Waals surface area contributed by atoms with Gasteiger partial charge in [-0.15, -0.1) is 0 Å². The third-order valence-electron chi connectivity index (χ3n) is 5.46. The van der Waals surface area contributed by atoms with Gasteiger partial charge < -0.3 is 14.6 Å². The van der Waals surface area contributed by atoms with Gasteiger partial charge in [0, 0.05) is 37.6 Å². The molecule has 0 atom stereocenters. The normalized spacial score (nSPS) is 13.9. The minimum absolute atomic E-state index is 0.270. The van der Waals surface area contributed by atoms with Gasteiger partial charge in [0.2, 0.25) is 0 Å². The van der Waals surface area contributed by atoms with Crippen LogP contribution in [0, 0.1) is 0 Å². The summed E-state index contributed by atoms with van der Waals surface area (Å²) in [7, 11) is 1.36. The van der Waals surface area contributed by atoms with Gasteiger partial charge >= 0.3 is 11.7 Å². The molecule has 5 rings (SSSR count). The summed E-state index contributed by atoms with van der Waals surface area (Å²) in [5.41, 5.74) is 2.82. The van der Waals surface area contributed by atoms with Crippen LogP contribution in [0.4, 0.5) is 5.69 Å². The van der Waals surface area contributed by atoms with E-state index in [9.17, 15) is 14.4 Å². The average molecular weight is 418 g/mol. The van der Waals surface area contributed by atoms with Crippen LogP contribution in [-0.2, 0) is 4.74 Å². The molecule has 1 fully saturated rings. The SMILES string of the molecule is COC(=O)c1ccc(C2CN(c3cc(-c4c[nH]c(=O)[nH]c4=O)nn4ccnc34)C2)cc1. The van der Waals surface area contributed by atoms with Gasteiger partial charge in [-0.2, -0.15) is 5.10 Å². The van der Waals surface area contributed by atoms with Crippen LogP contribution in [0.2, 0.25) is 0 Å². The molecule has 1 saturated heterocycles. The number of ether oxygens (including phenoxy) is 1. The average Bonchev–Trinajstić information content (AvgIpc) is 3.21. The predicted octanol–water partition coefficient (Wildman–Crippen LogP) is 1.16. The number of aromatic nitrogens is 5. The molecule has 10 heteroatoms. The number of benzene rings is 1. The maximum atomic E-state index is 12.2. The Balaban J connectivity index is 1.44. The third kappa shape index (κ3) is 3.27. The lowest BCUT2D eigenvalue weighted by molar-refractivity contribution is 0.0600. The molecule has 1 aliphatic heterocycles. The van der Waals surface area contributed by atoms with Crippen molar-refractivity contribution in [1.82, 2.24) is 24.6 Å². The number of carbonyl (C=O) groups excluding carboxylic acids is 1. The van der Waals surface area contributed by atoms with Crippen molar-refractivity contribution in [1.29, 1.82) is 0 Å². The minimum Gasteiger partial charge on any atom is -0.465 e. The molecule has 0 bridgehead atoms. The molecular weight excluding hydrogens is 400 g/mol. The summed E-state index contributed by atoms with van der Waals surface area (Å²) in [4.78, 5) is 46.4. The van der Waals surface area contributed by atoms with Gasteiger partial charge in [0.25, 0.3) is 5.56 Å². The smallest absolute Gasteiger partial charge is 0.337 e. The second-order valence-corrected chi connectivity index (χ2v) is 7.31. The minimum atomic E-state index is -0.568. The van der Waals surface area contributed by atoms with Crippen LogP contribution in [0.25, 0.3) is 16.9 Å². The number of fused-ring (bicyclic) bond motifs is 1. The summed E-state index contributed by atoms with van der Waals surface area (Å²) in [6.45, 7) is 1.51. The van der Waals surface area contributed by atoms with E-state index >= 15 is 0 Å². The number of hydrogen-bond donors (Lipinski definition) is 2. The Labute approximate surface area is 175 Å². The van der Waals surface area contributed by atoms with Gasteiger partial charge in [-0.25, -0.2) is 19.1 Å². The summed E-state index contributed by atoms with van der Waals surface area (Å²) in [5.74, 6) is -0.0557. The molecule has 0 unspecified atom stereocenters. The molecule has 1 aliphatic rings. The number of anilines is 1. The number of nitrogens with one attached hydrogen (secondary N) is 2. The lowest BCUT2D eigenvalue weighted by Gasteiger charge is -2.41. The first kappa shape index (κ1) is 18.8. The Kier molecular flexibility index (Phi) is 4.39. The van der Waals surface area contributed by atoms with Crippen LogP contribution >= 0.6 is 0 Å². The molecule has 0 radical (unpaired) electrons. The molecule has 156 valence electrons. The van der Waals surface area contributed by atoms with E-state index in [1.165, 1.54) is 13.3 Å². The van der Waals surface area contributed by atoms with Crippen molar-refractivity contribution in [2.75, 3.05) is 25.1 Å². The van der Waals surface area contributed by atoms with Crippen LogP contribution in [0.15, 0.2) is 58.5 Å². The Morgan fingerprint density at radius 1 is 1.19 bits per heavy atom. The van der Waals surface area contributed by atoms with E-state index in [0.717, 1.165) is 24.3 Å². The molecule has 31 heavy (non-hydrogen) atoms. The zero-order valence-electron chi connectivity index (χ0n) is 16.5. The van der Waals surface area contributed by atoms with Crippen molar-refractivity contribution < 1.29 is 9.53 Å². The fourth-order valence-corrected chi connectivity index (χ4v) is 3.76. The summed E-state index contributed by atoms with van der Waals surface area (Å²) < 4.78 is 6.36. The number of esters is 1. The van der Waals surface area contributed by atoms with Crippen molar-refractivity contribution in [2.45, 2.75) is 5.92 Å². The molecule has 0 amide bonds. The molecule has 10 nitrogen and oxygen atoms in total. The van der Waals surface area contributed by atoms with E-state index in [2.05, 4.69) is 25.0 Å². The molecule has 3 aromatic heterocycles. The van der Waals surface area contributed by atoms with Crippen molar-refractivity contribution in [2.24, 2.45) is 0 Å². The lowest BCUT2D eigenvalue weighted by Crippen LogP contribution is -2.45. The van der Waals surface area contributed by atoms with E-state index < -0.39 is 11.2 Å². The van der Waals surface area contributed by atoms with E-state index in [4.69, 9.17) is 4.74 Å². The number of imidazole rings is 1. The van der Waals surface area contributed by atoms with Gasteiger partial charge in [-0.1, -0.05) is 12.1 Å². The number of H-pyrrole nitrogens is 2. The Hall–Kier alpha value is -4.21. The maximum absolute atomic E-state index is 12.2. The van der Waals surface area contributed by atoms with Crippen molar-refractivity contribution >= 4 is 17.3 Å². The summed E-state index contributed by atoms with van der Waals surface area (Å²) in [5, 5.41) is 4.45. The largest absolute Gasteiger partial charge is 0.465 e. The quantitative estimate of drug-likeness (QED) is 0.477. The molecule has 2 N–H and O–H groups in total. The van der Waals surface area contributed by atoms with E-state index in [-0.39, 0.29) is 11.5 Å². The third-order valence-corrected chi connectivity index (χ3v) is 5.46. The van der Waals surface area contributed by atoms with Crippen LogP contribution < -0.4 is 16.1 Å². The summed E-state index contributed by atoms with van der Waals surface area (Å²) in [6, 6.07) is 9.23. The van der Waals surface area contributed by atoms with Crippen molar-refractivity contribution in [3.05, 3.63) is 80.9 Å². The topological polar surface area (TPSA) is 125 Å². The predicted molar refractivity (Wildman–Crippen MR) is 112 cm³/mol. The summed E-state index contributed by atoms with van der Waals surface area (Å²) >= 11 is 0. The van der Waals surface area contributed by atoms with Crippen molar-refractivity contribution in [3.63, 3.8) is 0 Å². The van der Waals surface area contributed by atoms with E-state index in [0.29, 0.717) is 22.8 Å². The fourth-order valence-electron chi connectivity index (χ4n) is 3.76. The standard InChI is InChI=1S/C21H18N6O4/c1-31-20(29)13-4-2-12(3-5-13)14-10-26(11-14)17-8-16(25-27-7-6-22-18(17)27)15-9-23-21(30)24-19(15)28/h2-9,14H,10-11H2,1H3,(H2,23,24,28,30). The van der Waals surface area contributed by atoms with Crippen LogP contribution in [-0.4, -0.2) is 50.7 Å². The van der Waals surface area contributed by atoms with Gasteiger partial charge in [-0.3, -0.25) is 9.78 Å².